The Morgan fingerprint density at radius 3 is 2.11 bits per heavy atom. The fraction of sp³-hybridized carbons (Fsp3) is 0.400. The summed E-state index contributed by atoms with van der Waals surface area (Å²) in [6.07, 6.45) is 0. The molecule has 4 nitrogen and oxygen atoms in total. The highest BCUT2D eigenvalue weighted by Gasteiger charge is 2.22. The van der Waals surface area contributed by atoms with E-state index < -0.39 is 17.6 Å². The minimum atomic E-state index is -1.25. The number of benzene rings is 1. The van der Waals surface area contributed by atoms with E-state index >= 15 is 0 Å². The average molecular weight is 258 g/mol. The van der Waals surface area contributed by atoms with Crippen LogP contribution in [-0.4, -0.2) is 11.7 Å². The molecule has 0 saturated carbocycles. The third kappa shape index (κ3) is 3.92. The van der Waals surface area contributed by atoms with Crippen molar-refractivity contribution in [3.8, 4) is 6.07 Å². The molecule has 19 heavy (non-hydrogen) atoms. The molecule has 0 heterocycles. The van der Waals surface area contributed by atoms with E-state index in [2.05, 4.69) is 26.1 Å². The summed E-state index contributed by atoms with van der Waals surface area (Å²) in [4.78, 5) is 22.8. The molecule has 0 saturated heterocycles. The lowest BCUT2D eigenvalue weighted by Gasteiger charge is -2.19. The van der Waals surface area contributed by atoms with Gasteiger partial charge in [0.25, 0.3) is 0 Å². The Labute approximate surface area is 113 Å². The Kier molecular flexibility index (Phi) is 4.44. The number of Topliss-reactive ketones (excluding diaryl/α,β-unsaturated/α-hetero) is 1. The van der Waals surface area contributed by atoms with Gasteiger partial charge in [0, 0.05) is 5.69 Å². The van der Waals surface area contributed by atoms with Gasteiger partial charge in [-0.2, -0.15) is 5.26 Å². The molecule has 1 N–H and O–H groups in total. The van der Waals surface area contributed by atoms with Crippen molar-refractivity contribution in [1.29, 1.82) is 5.26 Å². The highest BCUT2D eigenvalue weighted by atomic mass is 16.2. The van der Waals surface area contributed by atoms with Crippen LogP contribution in [0.1, 0.15) is 33.3 Å². The third-order valence-corrected chi connectivity index (χ3v) is 2.82. The molecule has 0 fully saturated rings. The molecule has 0 aliphatic rings. The standard InChI is InChI=1S/C15H18N2O2/c1-10(18)13(9-16)14(19)17-12-7-5-11(6-8-12)15(2,3)4/h5-8,13H,1-4H3,(H,17,19). The van der Waals surface area contributed by atoms with Crippen LogP contribution in [0.5, 0.6) is 0 Å². The molecule has 0 bridgehead atoms. The second kappa shape index (κ2) is 5.66. The number of hydrogen-bond acceptors (Lipinski definition) is 3. The van der Waals surface area contributed by atoms with Gasteiger partial charge in [0.05, 0.1) is 6.07 Å². The molecule has 1 aromatic carbocycles. The largest absolute Gasteiger partial charge is 0.325 e. The predicted molar refractivity (Wildman–Crippen MR) is 73.6 cm³/mol. The normalized spacial score (nSPS) is 12.4. The van der Waals surface area contributed by atoms with Crippen LogP contribution in [0.15, 0.2) is 24.3 Å². The highest BCUT2D eigenvalue weighted by molar-refractivity contribution is 6.08. The fourth-order valence-corrected chi connectivity index (χ4v) is 1.60. The second-order valence-corrected chi connectivity index (χ2v) is 5.49. The van der Waals surface area contributed by atoms with Gasteiger partial charge in [-0.1, -0.05) is 32.9 Å². The molecule has 4 heteroatoms. The first-order chi connectivity index (χ1) is 8.75. The number of nitrogens with zero attached hydrogens (tertiary/aromatic N) is 1. The van der Waals surface area contributed by atoms with Gasteiger partial charge in [-0.15, -0.1) is 0 Å². The van der Waals surface area contributed by atoms with Crippen LogP contribution in [0.3, 0.4) is 0 Å². The first kappa shape index (κ1) is 14.9. The Morgan fingerprint density at radius 1 is 1.21 bits per heavy atom. The first-order valence-electron chi connectivity index (χ1n) is 6.07. The van der Waals surface area contributed by atoms with Crippen LogP contribution < -0.4 is 5.32 Å². The number of rotatable bonds is 3. The van der Waals surface area contributed by atoms with E-state index in [0.29, 0.717) is 5.69 Å². The number of amides is 1. The summed E-state index contributed by atoms with van der Waals surface area (Å²) in [5.41, 5.74) is 1.77. The molecule has 0 radical (unpaired) electrons. The second-order valence-electron chi connectivity index (χ2n) is 5.49. The van der Waals surface area contributed by atoms with Gasteiger partial charge in [-0.25, -0.2) is 0 Å². The lowest BCUT2D eigenvalue weighted by Crippen LogP contribution is -2.26. The number of nitrogens with one attached hydrogen (secondary N) is 1. The number of hydrogen-bond donors (Lipinski definition) is 1. The first-order valence-corrected chi connectivity index (χ1v) is 6.07. The summed E-state index contributed by atoms with van der Waals surface area (Å²) in [6.45, 7) is 7.53. The van der Waals surface area contributed by atoms with E-state index in [1.54, 1.807) is 18.2 Å². The van der Waals surface area contributed by atoms with Crippen molar-refractivity contribution < 1.29 is 9.59 Å². The summed E-state index contributed by atoms with van der Waals surface area (Å²) in [7, 11) is 0. The van der Waals surface area contributed by atoms with Crippen molar-refractivity contribution in [2.75, 3.05) is 5.32 Å². The maximum absolute atomic E-state index is 11.7. The number of ketones is 1. The molecule has 1 aromatic rings. The minimum Gasteiger partial charge on any atom is -0.325 e. The SMILES string of the molecule is CC(=O)C(C#N)C(=O)Nc1ccc(C(C)(C)C)cc1. The fourth-order valence-electron chi connectivity index (χ4n) is 1.60. The molecule has 1 rings (SSSR count). The number of carbonyl (C=O) groups is 2. The van der Waals surface area contributed by atoms with E-state index in [9.17, 15) is 9.59 Å². The van der Waals surface area contributed by atoms with Crippen LogP contribution in [0.4, 0.5) is 5.69 Å². The Morgan fingerprint density at radius 2 is 1.74 bits per heavy atom. The zero-order valence-corrected chi connectivity index (χ0v) is 11.7. The van der Waals surface area contributed by atoms with Crippen molar-refractivity contribution in [1.82, 2.24) is 0 Å². The third-order valence-electron chi connectivity index (χ3n) is 2.82. The smallest absolute Gasteiger partial charge is 0.249 e. The minimum absolute atomic E-state index is 0.0388. The van der Waals surface area contributed by atoms with E-state index in [4.69, 9.17) is 5.26 Å². The molecule has 1 unspecified atom stereocenters. The van der Waals surface area contributed by atoms with Crippen molar-refractivity contribution >= 4 is 17.4 Å². The molecule has 0 aliphatic carbocycles. The molecular weight excluding hydrogens is 240 g/mol. The van der Waals surface area contributed by atoms with E-state index in [-0.39, 0.29) is 5.41 Å². The Hall–Kier alpha value is -2.15. The summed E-state index contributed by atoms with van der Waals surface area (Å²) in [5.74, 6) is -2.29. The van der Waals surface area contributed by atoms with Crippen molar-refractivity contribution in [3.05, 3.63) is 29.8 Å². The van der Waals surface area contributed by atoms with Gasteiger partial charge in [0.15, 0.2) is 11.7 Å². The van der Waals surface area contributed by atoms with Crippen LogP contribution in [0.2, 0.25) is 0 Å². The molecular formula is C15H18N2O2. The van der Waals surface area contributed by atoms with Gasteiger partial charge < -0.3 is 5.32 Å². The Balaban J connectivity index is 2.82. The van der Waals surface area contributed by atoms with Gasteiger partial charge in [0.1, 0.15) is 0 Å². The quantitative estimate of drug-likeness (QED) is 0.847. The lowest BCUT2D eigenvalue weighted by molar-refractivity contribution is -0.127. The number of anilines is 1. The average Bonchev–Trinajstić information content (AvgIpc) is 2.28. The maximum Gasteiger partial charge on any atom is 0.249 e. The maximum atomic E-state index is 11.7. The van der Waals surface area contributed by atoms with Crippen molar-refractivity contribution in [2.45, 2.75) is 33.1 Å². The molecule has 0 aromatic heterocycles. The van der Waals surface area contributed by atoms with Crippen LogP contribution in [-0.2, 0) is 15.0 Å². The van der Waals surface area contributed by atoms with E-state index in [1.165, 1.54) is 6.92 Å². The van der Waals surface area contributed by atoms with Crippen LogP contribution >= 0.6 is 0 Å². The Bertz CT molecular complexity index is 519. The van der Waals surface area contributed by atoms with Gasteiger partial charge >= 0.3 is 0 Å². The highest BCUT2D eigenvalue weighted by Crippen LogP contribution is 2.23. The van der Waals surface area contributed by atoms with E-state index in [0.717, 1.165) is 5.56 Å². The zero-order chi connectivity index (χ0) is 14.6. The van der Waals surface area contributed by atoms with Gasteiger partial charge in [-0.3, -0.25) is 9.59 Å². The molecule has 0 aliphatic heterocycles. The molecule has 100 valence electrons. The summed E-state index contributed by atoms with van der Waals surface area (Å²) >= 11 is 0. The summed E-state index contributed by atoms with van der Waals surface area (Å²) in [5, 5.41) is 11.3. The summed E-state index contributed by atoms with van der Waals surface area (Å²) in [6, 6.07) is 9.08. The van der Waals surface area contributed by atoms with Gasteiger partial charge in [0.2, 0.25) is 5.91 Å². The topological polar surface area (TPSA) is 70.0 Å². The molecule has 1 amide bonds. The predicted octanol–water partition coefficient (Wildman–Crippen LogP) is 2.65. The molecule has 0 spiro atoms. The molecule has 1 atom stereocenters. The lowest BCUT2D eigenvalue weighted by atomic mass is 9.87. The van der Waals surface area contributed by atoms with Crippen LogP contribution in [0, 0.1) is 17.2 Å². The van der Waals surface area contributed by atoms with E-state index in [1.807, 2.05) is 12.1 Å². The summed E-state index contributed by atoms with van der Waals surface area (Å²) < 4.78 is 0. The van der Waals surface area contributed by atoms with Crippen molar-refractivity contribution in [3.63, 3.8) is 0 Å². The number of nitriles is 1. The number of carbonyl (C=O) groups excluding carboxylic acids is 2. The van der Waals surface area contributed by atoms with Crippen molar-refractivity contribution in [2.24, 2.45) is 5.92 Å². The van der Waals surface area contributed by atoms with Gasteiger partial charge in [-0.05, 0) is 30.0 Å². The monoisotopic (exact) mass is 258 g/mol. The zero-order valence-electron chi connectivity index (χ0n) is 11.7. The van der Waals surface area contributed by atoms with Crippen LogP contribution in [0.25, 0.3) is 0 Å².